The van der Waals surface area contributed by atoms with Gasteiger partial charge in [0.05, 0.1) is 0 Å². The number of aromatic hydroxyl groups is 1. The molecule has 0 saturated carbocycles. The number of benzene rings is 1. The minimum Gasteiger partial charge on any atom is -0.505 e. The number of hydrogen-bond acceptors (Lipinski definition) is 3. The van der Waals surface area contributed by atoms with E-state index in [-0.39, 0.29) is 18.6 Å². The van der Waals surface area contributed by atoms with Crippen molar-refractivity contribution < 1.29 is 14.3 Å². The Bertz CT molecular complexity index is 468. The molecule has 1 atom stereocenters. The molecular formula is C15H24FN3O2. The zero-order valence-corrected chi connectivity index (χ0v) is 12.6. The second-order valence-corrected chi connectivity index (χ2v) is 5.01. The number of nitrogens with zero attached hydrogens (tertiary/aromatic N) is 1. The van der Waals surface area contributed by atoms with Crippen molar-refractivity contribution in [1.82, 2.24) is 10.2 Å². The molecule has 6 heteroatoms. The molecule has 0 aliphatic carbocycles. The van der Waals surface area contributed by atoms with Crippen LogP contribution in [0.25, 0.3) is 0 Å². The van der Waals surface area contributed by atoms with Crippen molar-refractivity contribution in [1.29, 1.82) is 0 Å². The highest BCUT2D eigenvalue weighted by atomic mass is 19.1. The summed E-state index contributed by atoms with van der Waals surface area (Å²) in [5, 5.41) is 12.3. The van der Waals surface area contributed by atoms with Crippen molar-refractivity contribution in [3.63, 3.8) is 0 Å². The van der Waals surface area contributed by atoms with Crippen LogP contribution in [-0.4, -0.2) is 35.7 Å². The largest absolute Gasteiger partial charge is 0.505 e. The fourth-order valence-electron chi connectivity index (χ4n) is 2.19. The first kappa shape index (κ1) is 17.2. The van der Waals surface area contributed by atoms with Gasteiger partial charge in [-0.05, 0) is 31.9 Å². The molecule has 0 saturated heterocycles. The van der Waals surface area contributed by atoms with Gasteiger partial charge in [0.2, 0.25) is 0 Å². The number of hydrogen-bond donors (Lipinski definition) is 3. The Morgan fingerprint density at radius 1 is 1.52 bits per heavy atom. The maximum Gasteiger partial charge on any atom is 0.317 e. The number of carbonyl (C=O) groups excluding carboxylic acids is 1. The lowest BCUT2D eigenvalue weighted by molar-refractivity contribution is 0.183. The molecule has 4 N–H and O–H groups in total. The minimum absolute atomic E-state index is 0.0834. The summed E-state index contributed by atoms with van der Waals surface area (Å²) in [7, 11) is 1.73. The fourth-order valence-corrected chi connectivity index (χ4v) is 2.19. The highest BCUT2D eigenvalue weighted by Gasteiger charge is 2.18. The Hall–Kier alpha value is -1.82. The summed E-state index contributed by atoms with van der Waals surface area (Å²) in [5.41, 5.74) is 5.84. The maximum absolute atomic E-state index is 13.2. The molecule has 0 spiro atoms. The summed E-state index contributed by atoms with van der Waals surface area (Å²) >= 11 is 0. The quantitative estimate of drug-likeness (QED) is 0.722. The van der Waals surface area contributed by atoms with Crippen molar-refractivity contribution >= 4 is 6.03 Å². The van der Waals surface area contributed by atoms with Crippen molar-refractivity contribution in [3.8, 4) is 5.75 Å². The van der Waals surface area contributed by atoms with Crippen molar-refractivity contribution in [2.45, 2.75) is 38.8 Å². The Morgan fingerprint density at radius 3 is 2.86 bits per heavy atom. The number of nitrogens with two attached hydrogens (primary N) is 1. The first-order valence-corrected chi connectivity index (χ1v) is 7.18. The number of para-hydroxylation sites is 1. The van der Waals surface area contributed by atoms with Crippen LogP contribution in [0.5, 0.6) is 5.75 Å². The predicted octanol–water partition coefficient (Wildman–Crippen LogP) is 2.19. The molecular weight excluding hydrogens is 273 g/mol. The molecule has 1 rings (SSSR count). The molecule has 2 amide bonds. The average molecular weight is 297 g/mol. The zero-order chi connectivity index (χ0) is 15.8. The Balaban J connectivity index is 2.57. The molecule has 21 heavy (non-hydrogen) atoms. The first-order valence-electron chi connectivity index (χ1n) is 7.18. The topological polar surface area (TPSA) is 78.6 Å². The van der Waals surface area contributed by atoms with Crippen LogP contribution in [0.4, 0.5) is 9.18 Å². The molecule has 0 bridgehead atoms. The van der Waals surface area contributed by atoms with Gasteiger partial charge in [0.15, 0.2) is 11.6 Å². The summed E-state index contributed by atoms with van der Waals surface area (Å²) in [4.78, 5) is 13.7. The third-order valence-corrected chi connectivity index (χ3v) is 3.58. The normalized spacial score (nSPS) is 12.0. The van der Waals surface area contributed by atoms with Gasteiger partial charge in [-0.2, -0.15) is 0 Å². The van der Waals surface area contributed by atoms with Crippen molar-refractivity contribution in [2.75, 3.05) is 13.6 Å². The van der Waals surface area contributed by atoms with Crippen LogP contribution in [0.2, 0.25) is 0 Å². The van der Waals surface area contributed by atoms with E-state index in [1.54, 1.807) is 18.0 Å². The third-order valence-electron chi connectivity index (χ3n) is 3.58. The number of rotatable bonds is 7. The summed E-state index contributed by atoms with van der Waals surface area (Å²) in [6.07, 6.45) is 2.55. The van der Waals surface area contributed by atoms with Gasteiger partial charge < -0.3 is 21.1 Å². The number of urea groups is 1. The highest BCUT2D eigenvalue weighted by Crippen LogP contribution is 2.20. The molecule has 0 aromatic heterocycles. The van der Waals surface area contributed by atoms with E-state index in [1.165, 1.54) is 12.1 Å². The highest BCUT2D eigenvalue weighted by molar-refractivity contribution is 5.74. The van der Waals surface area contributed by atoms with Gasteiger partial charge >= 0.3 is 6.03 Å². The van der Waals surface area contributed by atoms with Crippen LogP contribution in [0.15, 0.2) is 18.2 Å². The molecule has 1 aromatic rings. The maximum atomic E-state index is 13.2. The molecule has 0 radical (unpaired) electrons. The Morgan fingerprint density at radius 2 is 2.24 bits per heavy atom. The second kappa shape index (κ2) is 8.46. The van der Waals surface area contributed by atoms with Gasteiger partial charge in [-0.3, -0.25) is 0 Å². The number of nitrogens with one attached hydrogen (secondary N) is 1. The van der Waals surface area contributed by atoms with Crippen LogP contribution < -0.4 is 11.1 Å². The van der Waals surface area contributed by atoms with E-state index in [1.807, 2.05) is 6.92 Å². The van der Waals surface area contributed by atoms with Crippen molar-refractivity contribution in [2.24, 2.45) is 5.73 Å². The van der Waals surface area contributed by atoms with E-state index in [2.05, 4.69) is 5.32 Å². The molecule has 5 nitrogen and oxygen atoms in total. The van der Waals surface area contributed by atoms with Crippen molar-refractivity contribution in [3.05, 3.63) is 29.6 Å². The number of carbonyl (C=O) groups is 1. The summed E-state index contributed by atoms with van der Waals surface area (Å²) in [6.45, 7) is 2.70. The van der Waals surface area contributed by atoms with Gasteiger partial charge in [-0.15, -0.1) is 0 Å². The minimum atomic E-state index is -0.690. The monoisotopic (exact) mass is 297 g/mol. The number of halogens is 1. The average Bonchev–Trinajstić information content (AvgIpc) is 2.49. The van der Waals surface area contributed by atoms with Crippen LogP contribution in [0.1, 0.15) is 31.7 Å². The van der Waals surface area contributed by atoms with E-state index >= 15 is 0 Å². The Kier molecular flexibility index (Phi) is 6.94. The predicted molar refractivity (Wildman–Crippen MR) is 80.4 cm³/mol. The van der Waals surface area contributed by atoms with E-state index in [4.69, 9.17) is 5.73 Å². The molecule has 1 aromatic carbocycles. The summed E-state index contributed by atoms with van der Waals surface area (Å²) in [5.74, 6) is -1.11. The SMILES string of the molecule is CCC(CCCN)N(C)C(=O)NCc1cccc(F)c1O. The number of phenolic OH excluding ortho intramolecular Hbond substituents is 1. The first-order chi connectivity index (χ1) is 10.0. The third kappa shape index (κ3) is 4.90. The van der Waals surface area contributed by atoms with Gasteiger partial charge in [0.25, 0.3) is 0 Å². The van der Waals surface area contributed by atoms with Crippen LogP contribution in [0, 0.1) is 5.82 Å². The zero-order valence-electron chi connectivity index (χ0n) is 12.6. The second-order valence-electron chi connectivity index (χ2n) is 5.01. The number of phenols is 1. The summed E-state index contributed by atoms with van der Waals surface area (Å²) < 4.78 is 13.2. The lowest BCUT2D eigenvalue weighted by Crippen LogP contribution is -2.43. The van der Waals surface area contributed by atoms with E-state index in [0.29, 0.717) is 12.1 Å². The molecule has 0 heterocycles. The molecule has 0 aliphatic rings. The van der Waals surface area contributed by atoms with Gasteiger partial charge in [-0.25, -0.2) is 9.18 Å². The fraction of sp³-hybridized carbons (Fsp3) is 0.533. The lowest BCUT2D eigenvalue weighted by atomic mass is 10.1. The molecule has 0 aliphatic heterocycles. The van der Waals surface area contributed by atoms with Crippen LogP contribution >= 0.6 is 0 Å². The molecule has 0 fully saturated rings. The molecule has 118 valence electrons. The smallest absolute Gasteiger partial charge is 0.317 e. The molecule has 1 unspecified atom stereocenters. The van der Waals surface area contributed by atoms with E-state index in [0.717, 1.165) is 19.3 Å². The van der Waals surface area contributed by atoms with Gasteiger partial charge in [0.1, 0.15) is 0 Å². The van der Waals surface area contributed by atoms with Crippen LogP contribution in [0.3, 0.4) is 0 Å². The van der Waals surface area contributed by atoms with E-state index in [9.17, 15) is 14.3 Å². The summed E-state index contributed by atoms with van der Waals surface area (Å²) in [6, 6.07) is 4.12. The van der Waals surface area contributed by atoms with E-state index < -0.39 is 11.6 Å². The van der Waals surface area contributed by atoms with Gasteiger partial charge in [0, 0.05) is 25.2 Å². The number of amides is 2. The Labute approximate surface area is 124 Å². The standard InChI is InChI=1S/C15H24FN3O2/c1-3-12(7-5-9-17)19(2)15(21)18-10-11-6-4-8-13(16)14(11)20/h4,6,8,12,20H,3,5,7,9-10,17H2,1-2H3,(H,18,21). The van der Waals surface area contributed by atoms with Crippen LogP contribution in [-0.2, 0) is 6.54 Å². The van der Waals surface area contributed by atoms with Gasteiger partial charge in [-0.1, -0.05) is 19.1 Å². The lowest BCUT2D eigenvalue weighted by Gasteiger charge is -2.27.